The highest BCUT2D eigenvalue weighted by Gasteiger charge is 2.68. The largest absolute Gasteiger partial charge is 0.453 e. The average Bonchev–Trinajstić information content (AvgIpc) is 3.26. The third-order valence-corrected chi connectivity index (χ3v) is 5.01. The first-order chi connectivity index (χ1) is 16.3. The van der Waals surface area contributed by atoms with Crippen LogP contribution < -0.4 is 15.5 Å². The van der Waals surface area contributed by atoms with Crippen LogP contribution in [0, 0.1) is 11.3 Å². The van der Waals surface area contributed by atoms with Gasteiger partial charge in [-0.05, 0) is 42.5 Å². The van der Waals surface area contributed by atoms with Crippen LogP contribution in [0.4, 0.5) is 48.2 Å². The number of rotatable bonds is 4. The first-order valence-corrected chi connectivity index (χ1v) is 9.69. The Balaban J connectivity index is 1.98. The van der Waals surface area contributed by atoms with E-state index in [1.807, 2.05) is 5.32 Å². The topological polar surface area (TPSA) is 104 Å². The number of alkyl halides is 6. The number of amides is 2. The molecule has 0 radical (unpaired) electrons. The molecule has 0 saturated carbocycles. The Morgan fingerprint density at radius 1 is 1.06 bits per heavy atom. The summed E-state index contributed by atoms with van der Waals surface area (Å²) in [5.74, 6) is -1.70. The number of hydrogen-bond donors (Lipinski definition) is 2. The van der Waals surface area contributed by atoms with E-state index in [1.54, 1.807) is 0 Å². The van der Waals surface area contributed by atoms with Crippen molar-refractivity contribution in [3.63, 3.8) is 0 Å². The molecule has 35 heavy (non-hydrogen) atoms. The minimum atomic E-state index is -5.37. The number of nitrogens with zero attached hydrogens (tertiary/aromatic N) is 2. The van der Waals surface area contributed by atoms with E-state index in [9.17, 15) is 35.9 Å². The molecule has 186 valence electrons. The lowest BCUT2D eigenvalue weighted by Crippen LogP contribution is -2.64. The number of carbonyl (C=O) groups excluding carboxylic acids is 2. The van der Waals surface area contributed by atoms with Gasteiger partial charge in [0.1, 0.15) is 0 Å². The van der Waals surface area contributed by atoms with Crippen LogP contribution in [0.1, 0.15) is 11.1 Å². The predicted molar refractivity (Wildman–Crippen MR) is 109 cm³/mol. The lowest BCUT2D eigenvalue weighted by atomic mass is 10.0. The monoisotopic (exact) mass is 502 g/mol. The third kappa shape index (κ3) is 4.94. The van der Waals surface area contributed by atoms with Gasteiger partial charge in [-0.3, -0.25) is 10.1 Å². The predicted octanol–water partition coefficient (Wildman–Crippen LogP) is 4.49. The molecular formula is C21H16F6N4O4. The summed E-state index contributed by atoms with van der Waals surface area (Å²) in [6, 6.07) is 8.24. The maximum Gasteiger partial charge on any atom is 0.446 e. The first kappa shape index (κ1) is 25.6. The Hall–Kier alpha value is -3.99. The number of benzene rings is 2. The van der Waals surface area contributed by atoms with E-state index >= 15 is 0 Å². The molecule has 2 N–H and O–H groups in total. The van der Waals surface area contributed by atoms with Crippen molar-refractivity contribution in [3.8, 4) is 6.07 Å². The molecule has 1 atom stereocenters. The quantitative estimate of drug-likeness (QED) is 0.598. The highest BCUT2D eigenvalue weighted by molar-refractivity contribution is 6.00. The Labute approximate surface area is 194 Å². The summed E-state index contributed by atoms with van der Waals surface area (Å²) in [7, 11) is 1.12. The lowest BCUT2D eigenvalue weighted by Gasteiger charge is -2.38. The molecule has 8 nitrogen and oxygen atoms in total. The number of carbonyl (C=O) groups is 2. The van der Waals surface area contributed by atoms with Crippen molar-refractivity contribution >= 4 is 29.1 Å². The van der Waals surface area contributed by atoms with Crippen molar-refractivity contribution in [1.82, 2.24) is 0 Å². The molecule has 1 aliphatic heterocycles. The van der Waals surface area contributed by atoms with Crippen molar-refractivity contribution in [3.05, 3.63) is 53.6 Å². The zero-order valence-electron chi connectivity index (χ0n) is 17.8. The molecule has 1 aliphatic rings. The zero-order valence-corrected chi connectivity index (χ0v) is 17.8. The first-order valence-electron chi connectivity index (χ1n) is 9.69. The minimum Gasteiger partial charge on any atom is -0.453 e. The van der Waals surface area contributed by atoms with E-state index in [4.69, 9.17) is 10.00 Å². The van der Waals surface area contributed by atoms with Gasteiger partial charge < -0.3 is 19.7 Å². The van der Waals surface area contributed by atoms with Crippen LogP contribution >= 0.6 is 0 Å². The van der Waals surface area contributed by atoms with Gasteiger partial charge in [0.2, 0.25) is 0 Å². The van der Waals surface area contributed by atoms with Crippen molar-refractivity contribution in [2.24, 2.45) is 0 Å². The van der Waals surface area contributed by atoms with Gasteiger partial charge in [0, 0.05) is 23.6 Å². The number of halogens is 6. The second kappa shape index (κ2) is 9.34. The van der Waals surface area contributed by atoms with E-state index in [0.717, 1.165) is 19.2 Å². The van der Waals surface area contributed by atoms with Gasteiger partial charge in [0.05, 0.1) is 30.9 Å². The van der Waals surface area contributed by atoms with E-state index in [2.05, 4.69) is 10.1 Å². The van der Waals surface area contributed by atoms with Gasteiger partial charge in [-0.15, -0.1) is 0 Å². The Kier molecular flexibility index (Phi) is 6.84. The minimum absolute atomic E-state index is 0.111. The van der Waals surface area contributed by atoms with Gasteiger partial charge >= 0.3 is 24.2 Å². The molecular weight excluding hydrogens is 486 g/mol. The average molecular weight is 502 g/mol. The van der Waals surface area contributed by atoms with E-state index in [-0.39, 0.29) is 11.4 Å². The molecule has 3 rings (SSSR count). The number of hydrogen-bond acceptors (Lipinski definition) is 6. The van der Waals surface area contributed by atoms with E-state index in [1.165, 1.54) is 30.3 Å². The van der Waals surface area contributed by atoms with Gasteiger partial charge in [-0.1, -0.05) is 0 Å². The summed E-state index contributed by atoms with van der Waals surface area (Å²) in [6.45, 7) is -1.17. The zero-order chi connectivity index (χ0) is 26.0. The maximum atomic E-state index is 14.3. The molecule has 14 heteroatoms. The van der Waals surface area contributed by atoms with Crippen LogP contribution in [0.25, 0.3) is 0 Å². The standard InChI is InChI=1S/C21H16F6N4O4/c1-34-18(33)30-14-5-3-13(4-6-14)29-17(32)19(21(25,26)27)31(8-9-35-19)15-7-2-12(11-28)16(10-15)20(22,23)24/h2-7,10H,8-9H2,1H3,(H,29,32)(H,30,33). The summed E-state index contributed by atoms with van der Waals surface area (Å²) in [6.07, 6.45) is -11.2. The molecule has 1 heterocycles. The Bertz CT molecular complexity index is 1160. The number of anilines is 3. The van der Waals surface area contributed by atoms with Crippen molar-refractivity contribution in [2.75, 3.05) is 35.8 Å². The van der Waals surface area contributed by atoms with Gasteiger partial charge in [-0.2, -0.15) is 31.6 Å². The maximum absolute atomic E-state index is 14.3. The molecule has 1 fully saturated rings. The highest BCUT2D eigenvalue weighted by atomic mass is 19.4. The van der Waals surface area contributed by atoms with Gasteiger partial charge in [-0.25, -0.2) is 4.79 Å². The molecule has 0 aromatic heterocycles. The molecule has 2 aromatic rings. The molecule has 0 aliphatic carbocycles. The molecule has 0 bridgehead atoms. The molecule has 0 spiro atoms. The fourth-order valence-electron chi connectivity index (χ4n) is 3.44. The van der Waals surface area contributed by atoms with Crippen molar-refractivity contribution < 1.29 is 45.4 Å². The molecule has 2 amide bonds. The molecule has 1 unspecified atom stereocenters. The lowest BCUT2D eigenvalue weighted by molar-refractivity contribution is -0.250. The number of ether oxygens (including phenoxy) is 2. The molecule has 2 aromatic carbocycles. The van der Waals surface area contributed by atoms with E-state index < -0.39 is 60.0 Å². The summed E-state index contributed by atoms with van der Waals surface area (Å²) in [5, 5.41) is 13.3. The van der Waals surface area contributed by atoms with Crippen LogP contribution in [-0.4, -0.2) is 44.2 Å². The number of nitrogens with one attached hydrogen (secondary N) is 2. The summed E-state index contributed by atoms with van der Waals surface area (Å²) in [5.41, 5.74) is -6.39. The van der Waals surface area contributed by atoms with Crippen LogP contribution in [0.5, 0.6) is 0 Å². The Morgan fingerprint density at radius 3 is 2.17 bits per heavy atom. The fourth-order valence-corrected chi connectivity index (χ4v) is 3.44. The van der Waals surface area contributed by atoms with Crippen LogP contribution in [-0.2, 0) is 20.4 Å². The van der Waals surface area contributed by atoms with Crippen LogP contribution in [0.3, 0.4) is 0 Å². The Morgan fingerprint density at radius 2 is 1.66 bits per heavy atom. The highest BCUT2D eigenvalue weighted by Crippen LogP contribution is 2.44. The van der Waals surface area contributed by atoms with Crippen LogP contribution in [0.2, 0.25) is 0 Å². The SMILES string of the molecule is COC(=O)Nc1ccc(NC(=O)C2(C(F)(F)F)OCCN2c2ccc(C#N)c(C(F)(F)F)c2)cc1. The van der Waals surface area contributed by atoms with Crippen molar-refractivity contribution in [2.45, 2.75) is 18.1 Å². The molecule has 1 saturated heterocycles. The summed E-state index contributed by atoms with van der Waals surface area (Å²) >= 11 is 0. The van der Waals surface area contributed by atoms with Gasteiger partial charge in [0.15, 0.2) is 0 Å². The summed E-state index contributed by atoms with van der Waals surface area (Å²) < 4.78 is 92.2. The normalized spacial score (nSPS) is 18.1. The number of methoxy groups -OCH3 is 1. The fraction of sp³-hybridized carbons (Fsp3) is 0.286. The van der Waals surface area contributed by atoms with Crippen LogP contribution in [0.15, 0.2) is 42.5 Å². The smallest absolute Gasteiger partial charge is 0.446 e. The second-order valence-corrected chi connectivity index (χ2v) is 7.13. The van der Waals surface area contributed by atoms with Gasteiger partial charge in [0.25, 0.3) is 5.91 Å². The second-order valence-electron chi connectivity index (χ2n) is 7.13. The van der Waals surface area contributed by atoms with E-state index in [0.29, 0.717) is 11.0 Å². The van der Waals surface area contributed by atoms with Crippen molar-refractivity contribution in [1.29, 1.82) is 5.26 Å². The third-order valence-electron chi connectivity index (χ3n) is 5.01. The summed E-state index contributed by atoms with van der Waals surface area (Å²) in [4.78, 5) is 24.5. The number of nitriles is 1.